The molecular formula is C25H37N2O+. The Kier molecular flexibility index (Phi) is 3.72. The molecule has 0 aromatic rings. The lowest BCUT2D eigenvalue weighted by Crippen LogP contribution is -2.64. The first-order valence-electron chi connectivity index (χ1n) is 12.0. The monoisotopic (exact) mass is 381 g/mol. The molecule has 0 bridgehead atoms. The van der Waals surface area contributed by atoms with Crippen molar-refractivity contribution < 1.29 is 10.1 Å². The fourth-order valence-electron chi connectivity index (χ4n) is 8.95. The van der Waals surface area contributed by atoms with Crippen LogP contribution in [0.15, 0.2) is 23.8 Å². The first-order chi connectivity index (χ1) is 13.5. The number of allylic oxidation sites excluding steroid dienone is 1. The van der Waals surface area contributed by atoms with Gasteiger partial charge < -0.3 is 10.5 Å². The van der Waals surface area contributed by atoms with E-state index in [2.05, 4.69) is 25.2 Å². The highest BCUT2D eigenvalue weighted by molar-refractivity contribution is 5.92. The molecule has 0 saturated heterocycles. The first-order valence-corrected chi connectivity index (χ1v) is 12.0. The van der Waals surface area contributed by atoms with Gasteiger partial charge in [0.15, 0.2) is 5.71 Å². The standard InChI is InChI=1S/C25H36N2O/c1-2-23-10-7-21-22(20(23)8-11-24(23)9-3-13-28-24)19(16-4-5-16)15-17-14-18(26)6-12-25(17,21)27/h3,9,14,16,19-22,26H,2,4-8,10-13,15,27H2,1H3/p+1. The molecule has 3 nitrogen and oxygen atoms in total. The van der Waals surface area contributed by atoms with Crippen LogP contribution in [-0.4, -0.2) is 23.5 Å². The maximum absolute atomic E-state index is 7.29. The summed E-state index contributed by atoms with van der Waals surface area (Å²) >= 11 is 0. The van der Waals surface area contributed by atoms with Crippen molar-refractivity contribution in [2.24, 2.45) is 40.7 Å². The Morgan fingerprint density at radius 2 is 1.96 bits per heavy atom. The van der Waals surface area contributed by atoms with Gasteiger partial charge in [-0.2, -0.15) is 0 Å². The summed E-state index contributed by atoms with van der Waals surface area (Å²) in [4.78, 5) is 0. The second-order valence-corrected chi connectivity index (χ2v) is 11.0. The normalized spacial score (nSPS) is 52.4. The van der Waals surface area contributed by atoms with Crippen molar-refractivity contribution in [2.45, 2.75) is 82.3 Å². The molecular weight excluding hydrogens is 344 g/mol. The molecule has 4 saturated carbocycles. The lowest BCUT2D eigenvalue weighted by Gasteiger charge is -2.62. The van der Waals surface area contributed by atoms with Gasteiger partial charge >= 0.3 is 0 Å². The highest BCUT2D eigenvalue weighted by atomic mass is 16.5. The van der Waals surface area contributed by atoms with E-state index in [1.165, 1.54) is 56.9 Å². The minimum Gasteiger partial charge on any atom is -0.366 e. The molecule has 28 heavy (non-hydrogen) atoms. The lowest BCUT2D eigenvalue weighted by atomic mass is 9.45. The summed E-state index contributed by atoms with van der Waals surface area (Å²) in [7, 11) is 0. The molecule has 7 unspecified atom stereocenters. The zero-order valence-corrected chi connectivity index (χ0v) is 17.5. The van der Waals surface area contributed by atoms with Crippen molar-refractivity contribution >= 4 is 5.71 Å². The van der Waals surface area contributed by atoms with Crippen molar-refractivity contribution in [3.05, 3.63) is 23.8 Å². The zero-order chi connectivity index (χ0) is 19.1. The average molecular weight is 382 g/mol. The van der Waals surface area contributed by atoms with Crippen LogP contribution in [0.3, 0.4) is 0 Å². The fourth-order valence-corrected chi connectivity index (χ4v) is 8.95. The van der Waals surface area contributed by atoms with Crippen molar-refractivity contribution in [3.8, 4) is 0 Å². The van der Waals surface area contributed by atoms with Gasteiger partial charge in [0, 0.05) is 23.5 Å². The maximum Gasteiger partial charge on any atom is 0.172 e. The van der Waals surface area contributed by atoms with E-state index in [9.17, 15) is 0 Å². The van der Waals surface area contributed by atoms with E-state index in [-0.39, 0.29) is 11.1 Å². The summed E-state index contributed by atoms with van der Waals surface area (Å²) in [5.41, 5.74) is 10.1. The number of hydrogen-bond acceptors (Lipinski definition) is 2. The van der Waals surface area contributed by atoms with Gasteiger partial charge in [-0.1, -0.05) is 19.1 Å². The molecule has 7 atom stereocenters. The molecule has 0 amide bonds. The van der Waals surface area contributed by atoms with Crippen molar-refractivity contribution in [2.75, 3.05) is 6.61 Å². The van der Waals surface area contributed by atoms with Gasteiger partial charge in [-0.15, -0.1) is 0 Å². The minimum atomic E-state index is -0.0963. The van der Waals surface area contributed by atoms with E-state index < -0.39 is 0 Å². The van der Waals surface area contributed by atoms with E-state index in [1.807, 2.05) is 0 Å². The topological polar surface area (TPSA) is 60.8 Å². The number of ether oxygens (including phenoxy) is 1. The smallest absolute Gasteiger partial charge is 0.172 e. The van der Waals surface area contributed by atoms with Gasteiger partial charge in [-0.3, -0.25) is 5.41 Å². The molecule has 1 aliphatic heterocycles. The van der Waals surface area contributed by atoms with Gasteiger partial charge in [-0.25, -0.2) is 0 Å². The molecule has 3 heteroatoms. The largest absolute Gasteiger partial charge is 0.366 e. The number of fused-ring (bicyclic) bond motifs is 6. The summed E-state index contributed by atoms with van der Waals surface area (Å²) in [6.07, 6.45) is 19.6. The third-order valence-electron chi connectivity index (χ3n) is 10.3. The molecule has 0 aromatic carbocycles. The summed E-state index contributed by atoms with van der Waals surface area (Å²) in [6, 6.07) is 0. The molecule has 4 N–H and O–H groups in total. The van der Waals surface area contributed by atoms with Crippen molar-refractivity contribution in [1.29, 1.82) is 0 Å². The Balaban J connectivity index is 1.45. The van der Waals surface area contributed by atoms with E-state index in [1.54, 1.807) is 0 Å². The highest BCUT2D eigenvalue weighted by Gasteiger charge is 2.68. The molecule has 6 rings (SSSR count). The van der Waals surface area contributed by atoms with Crippen LogP contribution in [0.4, 0.5) is 0 Å². The maximum atomic E-state index is 7.29. The molecule has 152 valence electrons. The Morgan fingerprint density at radius 3 is 2.68 bits per heavy atom. The Bertz CT molecular complexity index is 767. The average Bonchev–Trinajstić information content (AvgIpc) is 3.34. The summed E-state index contributed by atoms with van der Waals surface area (Å²) in [6.45, 7) is 3.25. The Labute approximate surface area is 169 Å². The van der Waals surface area contributed by atoms with Gasteiger partial charge in [0.05, 0.1) is 12.2 Å². The van der Waals surface area contributed by atoms with Crippen molar-refractivity contribution in [1.82, 2.24) is 0 Å². The number of nitrogens with two attached hydrogens (primary N) is 2. The first kappa shape index (κ1) is 17.9. The van der Waals surface area contributed by atoms with Gasteiger partial charge in [0.25, 0.3) is 0 Å². The summed E-state index contributed by atoms with van der Waals surface area (Å²) in [5, 5.41) is 6.27. The van der Waals surface area contributed by atoms with Gasteiger partial charge in [0.1, 0.15) is 0 Å². The number of hydrogen-bond donors (Lipinski definition) is 2. The Hall–Kier alpha value is -0.930. The summed E-state index contributed by atoms with van der Waals surface area (Å²) in [5.74, 6) is 3.99. The fraction of sp³-hybridized carbons (Fsp3) is 0.800. The van der Waals surface area contributed by atoms with Crippen molar-refractivity contribution in [3.63, 3.8) is 0 Å². The second kappa shape index (κ2) is 5.82. The third kappa shape index (κ3) is 2.10. The van der Waals surface area contributed by atoms with Crippen LogP contribution in [0.1, 0.15) is 71.1 Å². The van der Waals surface area contributed by atoms with Crippen LogP contribution in [0.2, 0.25) is 0 Å². The van der Waals surface area contributed by atoms with Crippen LogP contribution in [0.5, 0.6) is 0 Å². The van der Waals surface area contributed by atoms with E-state index in [4.69, 9.17) is 15.9 Å². The van der Waals surface area contributed by atoms with Crippen LogP contribution < -0.4 is 11.1 Å². The second-order valence-electron chi connectivity index (χ2n) is 11.0. The molecule has 1 spiro atoms. The van der Waals surface area contributed by atoms with Crippen LogP contribution in [0.25, 0.3) is 0 Å². The number of rotatable bonds is 2. The van der Waals surface area contributed by atoms with Gasteiger partial charge in [0.2, 0.25) is 0 Å². The van der Waals surface area contributed by atoms with Crippen LogP contribution in [0, 0.1) is 35.0 Å². The SMILES string of the molecule is CCC12CCC3C(C(C4CC4)CC4=CC(=[NH2+])CCC43N)C1CCC21C=CCO1. The van der Waals surface area contributed by atoms with E-state index in [0.717, 1.165) is 48.8 Å². The third-order valence-corrected chi connectivity index (χ3v) is 10.3. The molecule has 4 fully saturated rings. The predicted octanol–water partition coefficient (Wildman–Crippen LogP) is 3.19. The highest BCUT2D eigenvalue weighted by Crippen LogP contribution is 2.70. The predicted molar refractivity (Wildman–Crippen MR) is 111 cm³/mol. The quantitative estimate of drug-likeness (QED) is 0.722. The minimum absolute atomic E-state index is 0.0220. The van der Waals surface area contributed by atoms with Crippen LogP contribution >= 0.6 is 0 Å². The zero-order valence-electron chi connectivity index (χ0n) is 17.5. The molecule has 0 radical (unpaired) electrons. The van der Waals surface area contributed by atoms with E-state index in [0.29, 0.717) is 11.3 Å². The summed E-state index contributed by atoms with van der Waals surface area (Å²) < 4.78 is 6.53. The Morgan fingerprint density at radius 1 is 1.14 bits per heavy atom. The lowest BCUT2D eigenvalue weighted by molar-refractivity contribution is -0.138. The van der Waals surface area contributed by atoms with Gasteiger partial charge in [-0.05, 0) is 93.0 Å². The van der Waals surface area contributed by atoms with E-state index >= 15 is 0 Å². The molecule has 1 heterocycles. The molecule has 0 aromatic heterocycles. The molecule has 6 aliphatic rings. The van der Waals surface area contributed by atoms with Crippen LogP contribution in [-0.2, 0) is 4.74 Å². The molecule has 5 aliphatic carbocycles.